The van der Waals surface area contributed by atoms with Gasteiger partial charge in [-0.15, -0.1) is 0 Å². The van der Waals surface area contributed by atoms with Crippen LogP contribution >= 0.6 is 0 Å². The molecule has 100 valence electrons. The van der Waals surface area contributed by atoms with Crippen molar-refractivity contribution in [1.82, 2.24) is 10.3 Å². The van der Waals surface area contributed by atoms with E-state index >= 15 is 0 Å². The standard InChI is InChI=1S/C17H22N2/c1-4-18-16(14-11-17(14,2)3)13-9-5-7-12-8-6-10-19-15(12)13/h5-10,14,16,18H,4,11H2,1-3H3. The Hall–Kier alpha value is -1.41. The lowest BCUT2D eigenvalue weighted by molar-refractivity contribution is 0.425. The van der Waals surface area contributed by atoms with E-state index in [0.717, 1.165) is 18.0 Å². The summed E-state index contributed by atoms with van der Waals surface area (Å²) in [5, 5.41) is 4.91. The Kier molecular flexibility index (Phi) is 3.06. The molecule has 3 rings (SSSR count). The minimum Gasteiger partial charge on any atom is -0.310 e. The number of nitrogens with zero attached hydrogens (tertiary/aromatic N) is 1. The Morgan fingerprint density at radius 1 is 1.32 bits per heavy atom. The Labute approximate surface area is 115 Å². The largest absolute Gasteiger partial charge is 0.310 e. The fourth-order valence-electron chi connectivity index (χ4n) is 3.14. The highest BCUT2D eigenvalue weighted by molar-refractivity contribution is 5.82. The van der Waals surface area contributed by atoms with E-state index in [9.17, 15) is 0 Å². The summed E-state index contributed by atoms with van der Waals surface area (Å²) < 4.78 is 0. The van der Waals surface area contributed by atoms with Crippen LogP contribution in [0.2, 0.25) is 0 Å². The first-order valence-corrected chi connectivity index (χ1v) is 7.20. The predicted octanol–water partition coefficient (Wildman–Crippen LogP) is 3.93. The van der Waals surface area contributed by atoms with Gasteiger partial charge in [-0.3, -0.25) is 4.98 Å². The van der Waals surface area contributed by atoms with Crippen LogP contribution in [0.15, 0.2) is 36.5 Å². The molecule has 2 nitrogen and oxygen atoms in total. The van der Waals surface area contributed by atoms with Crippen LogP contribution in [-0.4, -0.2) is 11.5 Å². The fraction of sp³-hybridized carbons (Fsp3) is 0.471. The number of benzene rings is 1. The molecule has 1 aromatic carbocycles. The van der Waals surface area contributed by atoms with Gasteiger partial charge in [0.15, 0.2) is 0 Å². The number of pyridine rings is 1. The van der Waals surface area contributed by atoms with Crippen LogP contribution in [0.25, 0.3) is 10.9 Å². The summed E-state index contributed by atoms with van der Waals surface area (Å²) in [5.74, 6) is 0.722. The molecule has 0 radical (unpaired) electrons. The molecule has 0 aliphatic heterocycles. The normalized spacial score (nSPS) is 22.4. The third-order valence-electron chi connectivity index (χ3n) is 4.42. The van der Waals surface area contributed by atoms with Gasteiger partial charge in [-0.25, -0.2) is 0 Å². The molecule has 2 unspecified atom stereocenters. The SMILES string of the molecule is CCNC(c1cccc2cccnc12)C1CC1(C)C. The smallest absolute Gasteiger partial charge is 0.0749 e. The molecule has 1 saturated carbocycles. The van der Waals surface area contributed by atoms with Gasteiger partial charge in [-0.1, -0.05) is 45.0 Å². The topological polar surface area (TPSA) is 24.9 Å². The minimum absolute atomic E-state index is 0.429. The van der Waals surface area contributed by atoms with Gasteiger partial charge < -0.3 is 5.32 Å². The molecule has 2 aromatic rings. The number of nitrogens with one attached hydrogen (secondary N) is 1. The highest BCUT2D eigenvalue weighted by atomic mass is 14.9. The van der Waals surface area contributed by atoms with Crippen molar-refractivity contribution in [3.05, 3.63) is 42.1 Å². The third-order valence-corrected chi connectivity index (χ3v) is 4.42. The Morgan fingerprint density at radius 3 is 2.74 bits per heavy atom. The Balaban J connectivity index is 2.05. The maximum atomic E-state index is 4.60. The van der Waals surface area contributed by atoms with E-state index in [1.807, 2.05) is 12.3 Å². The molecule has 1 fully saturated rings. The Bertz CT molecular complexity index is 583. The van der Waals surface area contributed by atoms with Gasteiger partial charge in [0, 0.05) is 17.6 Å². The van der Waals surface area contributed by atoms with Crippen LogP contribution in [0.1, 0.15) is 38.8 Å². The van der Waals surface area contributed by atoms with Crippen molar-refractivity contribution in [2.24, 2.45) is 11.3 Å². The van der Waals surface area contributed by atoms with Gasteiger partial charge >= 0.3 is 0 Å². The van der Waals surface area contributed by atoms with Gasteiger partial charge in [0.25, 0.3) is 0 Å². The fourth-order valence-corrected chi connectivity index (χ4v) is 3.14. The zero-order valence-electron chi connectivity index (χ0n) is 12.0. The molecular weight excluding hydrogens is 232 g/mol. The second kappa shape index (κ2) is 4.61. The van der Waals surface area contributed by atoms with E-state index in [0.29, 0.717) is 11.5 Å². The lowest BCUT2D eigenvalue weighted by Gasteiger charge is -2.21. The number of hydrogen-bond donors (Lipinski definition) is 1. The number of para-hydroxylation sites is 1. The van der Waals surface area contributed by atoms with Gasteiger partial charge in [0.2, 0.25) is 0 Å². The molecule has 0 bridgehead atoms. The van der Waals surface area contributed by atoms with E-state index in [-0.39, 0.29) is 0 Å². The molecule has 2 atom stereocenters. The first-order chi connectivity index (χ1) is 9.13. The maximum absolute atomic E-state index is 4.60. The molecule has 2 heteroatoms. The summed E-state index contributed by atoms with van der Waals surface area (Å²) in [6.45, 7) is 7.91. The second-order valence-electron chi connectivity index (χ2n) is 6.26. The number of rotatable bonds is 4. The highest BCUT2D eigenvalue weighted by Gasteiger charge is 2.50. The van der Waals surface area contributed by atoms with E-state index in [1.165, 1.54) is 17.4 Å². The number of hydrogen-bond acceptors (Lipinski definition) is 2. The molecular formula is C17H22N2. The second-order valence-corrected chi connectivity index (χ2v) is 6.26. The zero-order chi connectivity index (χ0) is 13.5. The average molecular weight is 254 g/mol. The summed E-state index contributed by atoms with van der Waals surface area (Å²) in [4.78, 5) is 4.60. The van der Waals surface area contributed by atoms with Crippen molar-refractivity contribution in [3.8, 4) is 0 Å². The average Bonchev–Trinajstić information content (AvgIpc) is 3.04. The molecule has 0 spiro atoms. The van der Waals surface area contributed by atoms with E-state index in [4.69, 9.17) is 0 Å². The van der Waals surface area contributed by atoms with Crippen LogP contribution in [0, 0.1) is 11.3 Å². The van der Waals surface area contributed by atoms with E-state index in [1.54, 1.807) is 0 Å². The van der Waals surface area contributed by atoms with Gasteiger partial charge in [0.05, 0.1) is 5.52 Å². The summed E-state index contributed by atoms with van der Waals surface area (Å²) >= 11 is 0. The van der Waals surface area contributed by atoms with Crippen molar-refractivity contribution in [1.29, 1.82) is 0 Å². The first-order valence-electron chi connectivity index (χ1n) is 7.20. The zero-order valence-corrected chi connectivity index (χ0v) is 12.0. The molecule has 1 aromatic heterocycles. The number of aromatic nitrogens is 1. The highest BCUT2D eigenvalue weighted by Crippen LogP contribution is 2.58. The molecule has 19 heavy (non-hydrogen) atoms. The monoisotopic (exact) mass is 254 g/mol. The Morgan fingerprint density at radius 2 is 2.05 bits per heavy atom. The molecule has 1 aliphatic rings. The van der Waals surface area contributed by atoms with Crippen LogP contribution in [0.5, 0.6) is 0 Å². The van der Waals surface area contributed by atoms with Gasteiger partial charge in [-0.2, -0.15) is 0 Å². The maximum Gasteiger partial charge on any atom is 0.0749 e. The van der Waals surface area contributed by atoms with Crippen molar-refractivity contribution < 1.29 is 0 Å². The van der Waals surface area contributed by atoms with Crippen molar-refractivity contribution in [2.75, 3.05) is 6.54 Å². The predicted molar refractivity (Wildman–Crippen MR) is 80.0 cm³/mol. The summed E-state index contributed by atoms with van der Waals surface area (Å²) in [6.07, 6.45) is 3.20. The van der Waals surface area contributed by atoms with Crippen LogP contribution < -0.4 is 5.32 Å². The van der Waals surface area contributed by atoms with Crippen molar-refractivity contribution >= 4 is 10.9 Å². The number of fused-ring (bicyclic) bond motifs is 1. The summed E-state index contributed by atoms with van der Waals surface area (Å²) in [7, 11) is 0. The first kappa shape index (κ1) is 12.6. The van der Waals surface area contributed by atoms with Crippen LogP contribution in [0.4, 0.5) is 0 Å². The molecule has 1 N–H and O–H groups in total. The lowest BCUT2D eigenvalue weighted by atomic mass is 9.95. The quantitative estimate of drug-likeness (QED) is 0.894. The van der Waals surface area contributed by atoms with Crippen LogP contribution in [-0.2, 0) is 0 Å². The van der Waals surface area contributed by atoms with E-state index in [2.05, 4.69) is 55.3 Å². The molecule has 0 saturated heterocycles. The molecule has 1 heterocycles. The van der Waals surface area contributed by atoms with Crippen molar-refractivity contribution in [3.63, 3.8) is 0 Å². The van der Waals surface area contributed by atoms with Gasteiger partial charge in [0.1, 0.15) is 0 Å². The van der Waals surface area contributed by atoms with Gasteiger partial charge in [-0.05, 0) is 35.9 Å². The summed E-state index contributed by atoms with van der Waals surface area (Å²) in [6, 6.07) is 11.1. The van der Waals surface area contributed by atoms with Crippen molar-refractivity contribution in [2.45, 2.75) is 33.2 Å². The third kappa shape index (κ3) is 2.25. The summed E-state index contributed by atoms with van der Waals surface area (Å²) in [5.41, 5.74) is 2.97. The minimum atomic E-state index is 0.429. The lowest BCUT2D eigenvalue weighted by Crippen LogP contribution is -2.24. The van der Waals surface area contributed by atoms with Crippen LogP contribution in [0.3, 0.4) is 0 Å². The van der Waals surface area contributed by atoms with E-state index < -0.39 is 0 Å². The molecule has 1 aliphatic carbocycles. The molecule has 0 amide bonds.